The fourth-order valence-corrected chi connectivity index (χ4v) is 2.50. The van der Waals surface area contributed by atoms with E-state index >= 15 is 0 Å². The largest absolute Gasteiger partial charge is 0.468 e. The van der Waals surface area contributed by atoms with Crippen molar-refractivity contribution in [1.82, 2.24) is 20.3 Å². The van der Waals surface area contributed by atoms with Crippen LogP contribution in [-0.2, 0) is 4.74 Å². The number of pyridine rings is 1. The van der Waals surface area contributed by atoms with E-state index in [0.717, 1.165) is 0 Å². The summed E-state index contributed by atoms with van der Waals surface area (Å²) in [6.07, 6.45) is -3.08. The van der Waals surface area contributed by atoms with Gasteiger partial charge in [-0.1, -0.05) is 0 Å². The molecule has 11 heteroatoms. The monoisotopic (exact) mass is 427 g/mol. The standard InChI is InChI=1S/C19H24F3N5O3/c1-11-7-14(9-24-17(11)30-10-19(20,21)22)13(3)26-16(28)15-8-12(2)25-18(27-15)23-5-6-29-4/h7-9,13H,5-6,10H2,1-4H3,(H,26,28)(H,23,25,27). The lowest BCUT2D eigenvalue weighted by Gasteiger charge is -2.16. The molecule has 0 bridgehead atoms. The Balaban J connectivity index is 2.05. The maximum Gasteiger partial charge on any atom is 0.422 e. The number of methoxy groups -OCH3 is 1. The Morgan fingerprint density at radius 2 is 1.97 bits per heavy atom. The summed E-state index contributed by atoms with van der Waals surface area (Å²) in [5.74, 6) is -0.209. The molecule has 2 aromatic heterocycles. The fourth-order valence-electron chi connectivity index (χ4n) is 2.50. The number of aryl methyl sites for hydroxylation is 2. The molecule has 1 amide bonds. The zero-order chi connectivity index (χ0) is 22.3. The van der Waals surface area contributed by atoms with Crippen LogP contribution in [0.5, 0.6) is 5.88 Å². The van der Waals surface area contributed by atoms with Crippen LogP contribution < -0.4 is 15.4 Å². The third-order valence-electron chi connectivity index (χ3n) is 3.95. The van der Waals surface area contributed by atoms with Crippen LogP contribution in [0.25, 0.3) is 0 Å². The molecule has 0 aromatic carbocycles. The summed E-state index contributed by atoms with van der Waals surface area (Å²) in [6, 6.07) is 2.72. The molecule has 0 aliphatic rings. The summed E-state index contributed by atoms with van der Waals surface area (Å²) < 4.78 is 46.6. The second-order valence-corrected chi connectivity index (χ2v) is 6.63. The van der Waals surface area contributed by atoms with Crippen molar-refractivity contribution in [3.8, 4) is 5.88 Å². The summed E-state index contributed by atoms with van der Waals surface area (Å²) >= 11 is 0. The first-order valence-electron chi connectivity index (χ1n) is 9.14. The van der Waals surface area contributed by atoms with Crippen molar-refractivity contribution in [2.75, 3.05) is 32.2 Å². The number of nitrogens with one attached hydrogen (secondary N) is 2. The highest BCUT2D eigenvalue weighted by molar-refractivity contribution is 5.92. The van der Waals surface area contributed by atoms with Gasteiger partial charge in [-0.3, -0.25) is 4.79 Å². The third-order valence-corrected chi connectivity index (χ3v) is 3.95. The summed E-state index contributed by atoms with van der Waals surface area (Å²) in [5, 5.41) is 5.77. The van der Waals surface area contributed by atoms with Crippen molar-refractivity contribution < 1.29 is 27.4 Å². The number of carbonyl (C=O) groups is 1. The summed E-state index contributed by atoms with van der Waals surface area (Å²) in [7, 11) is 1.57. The molecule has 0 fully saturated rings. The Labute approximate surface area is 172 Å². The van der Waals surface area contributed by atoms with E-state index in [1.165, 1.54) is 6.20 Å². The number of amides is 1. The molecule has 1 unspecified atom stereocenters. The van der Waals surface area contributed by atoms with E-state index in [9.17, 15) is 18.0 Å². The summed E-state index contributed by atoms with van der Waals surface area (Å²) in [6.45, 7) is 4.60. The lowest BCUT2D eigenvalue weighted by atomic mass is 10.1. The van der Waals surface area contributed by atoms with Crippen LogP contribution in [0.1, 0.15) is 40.3 Å². The average molecular weight is 427 g/mol. The third kappa shape index (κ3) is 7.14. The molecule has 2 rings (SSSR count). The molecule has 164 valence electrons. The quantitative estimate of drug-likeness (QED) is 0.594. The molecule has 0 aliphatic heterocycles. The maximum absolute atomic E-state index is 12.6. The molecule has 1 atom stereocenters. The van der Waals surface area contributed by atoms with Crippen LogP contribution in [0.15, 0.2) is 18.3 Å². The predicted molar refractivity (Wildman–Crippen MR) is 104 cm³/mol. The lowest BCUT2D eigenvalue weighted by Crippen LogP contribution is -2.28. The SMILES string of the molecule is COCCNc1nc(C)cc(C(=O)NC(C)c2cnc(OCC(F)(F)F)c(C)c2)n1. The number of alkyl halides is 3. The predicted octanol–water partition coefficient (Wildman–Crippen LogP) is 2.98. The van der Waals surface area contributed by atoms with Gasteiger partial charge in [-0.15, -0.1) is 0 Å². The van der Waals surface area contributed by atoms with Gasteiger partial charge < -0.3 is 20.1 Å². The van der Waals surface area contributed by atoms with E-state index in [1.54, 1.807) is 40.0 Å². The number of hydrogen-bond acceptors (Lipinski definition) is 7. The average Bonchev–Trinajstić information content (AvgIpc) is 2.66. The molecular weight excluding hydrogens is 403 g/mol. The van der Waals surface area contributed by atoms with Gasteiger partial charge in [-0.2, -0.15) is 13.2 Å². The minimum atomic E-state index is -4.44. The highest BCUT2D eigenvalue weighted by Crippen LogP contribution is 2.22. The van der Waals surface area contributed by atoms with Gasteiger partial charge in [0.15, 0.2) is 6.61 Å². The van der Waals surface area contributed by atoms with Crippen molar-refractivity contribution in [3.63, 3.8) is 0 Å². The van der Waals surface area contributed by atoms with Gasteiger partial charge in [0.2, 0.25) is 11.8 Å². The van der Waals surface area contributed by atoms with Crippen LogP contribution in [0.2, 0.25) is 0 Å². The highest BCUT2D eigenvalue weighted by atomic mass is 19.4. The van der Waals surface area contributed by atoms with Gasteiger partial charge in [0.05, 0.1) is 12.6 Å². The Bertz CT molecular complexity index is 877. The van der Waals surface area contributed by atoms with Crippen LogP contribution in [0.4, 0.5) is 19.1 Å². The van der Waals surface area contributed by atoms with Gasteiger partial charge in [-0.05, 0) is 38.5 Å². The van der Waals surface area contributed by atoms with E-state index in [-0.39, 0.29) is 11.6 Å². The highest BCUT2D eigenvalue weighted by Gasteiger charge is 2.29. The fraction of sp³-hybridized carbons (Fsp3) is 0.474. The van der Waals surface area contributed by atoms with Crippen molar-refractivity contribution in [2.45, 2.75) is 33.0 Å². The number of aromatic nitrogens is 3. The normalized spacial score (nSPS) is 12.4. The molecule has 0 radical (unpaired) electrons. The number of hydrogen-bond donors (Lipinski definition) is 2. The molecule has 2 heterocycles. The van der Waals surface area contributed by atoms with Crippen molar-refractivity contribution >= 4 is 11.9 Å². The Hall–Kier alpha value is -2.95. The topological polar surface area (TPSA) is 98.3 Å². The molecule has 8 nitrogen and oxygen atoms in total. The Morgan fingerprint density at radius 1 is 1.23 bits per heavy atom. The number of ether oxygens (including phenoxy) is 2. The molecule has 0 aliphatic carbocycles. The molecule has 2 aromatic rings. The molecule has 2 N–H and O–H groups in total. The molecule has 30 heavy (non-hydrogen) atoms. The van der Waals surface area contributed by atoms with Gasteiger partial charge in [-0.25, -0.2) is 15.0 Å². The number of carbonyl (C=O) groups excluding carboxylic acids is 1. The minimum Gasteiger partial charge on any atom is -0.468 e. The molecule has 0 saturated carbocycles. The zero-order valence-corrected chi connectivity index (χ0v) is 17.1. The van der Waals surface area contributed by atoms with Crippen LogP contribution >= 0.6 is 0 Å². The lowest BCUT2D eigenvalue weighted by molar-refractivity contribution is -0.154. The molecule has 0 saturated heterocycles. The smallest absolute Gasteiger partial charge is 0.422 e. The van der Waals surface area contributed by atoms with E-state index in [1.807, 2.05) is 0 Å². The van der Waals surface area contributed by atoms with E-state index in [4.69, 9.17) is 9.47 Å². The van der Waals surface area contributed by atoms with Crippen LogP contribution in [0, 0.1) is 13.8 Å². The summed E-state index contributed by atoms with van der Waals surface area (Å²) in [4.78, 5) is 25.0. The maximum atomic E-state index is 12.6. The van der Waals surface area contributed by atoms with Crippen molar-refractivity contribution in [2.24, 2.45) is 0 Å². The first-order chi connectivity index (χ1) is 14.1. The number of nitrogens with zero attached hydrogens (tertiary/aromatic N) is 3. The first-order valence-corrected chi connectivity index (χ1v) is 9.14. The molecular formula is C19H24F3N5O3. The Kier molecular flexibility index (Phi) is 7.93. The summed E-state index contributed by atoms with van der Waals surface area (Å²) in [5.41, 5.74) is 1.85. The number of halogens is 3. The minimum absolute atomic E-state index is 0.104. The van der Waals surface area contributed by atoms with E-state index < -0.39 is 24.7 Å². The van der Waals surface area contributed by atoms with Gasteiger partial charge in [0, 0.05) is 31.1 Å². The number of rotatable bonds is 9. The molecule has 0 spiro atoms. The van der Waals surface area contributed by atoms with Gasteiger partial charge >= 0.3 is 6.18 Å². The van der Waals surface area contributed by atoms with Crippen molar-refractivity contribution in [1.29, 1.82) is 0 Å². The number of anilines is 1. The second-order valence-electron chi connectivity index (χ2n) is 6.63. The van der Waals surface area contributed by atoms with Crippen molar-refractivity contribution in [3.05, 3.63) is 40.8 Å². The van der Waals surface area contributed by atoms with Gasteiger partial charge in [0.25, 0.3) is 5.91 Å². The van der Waals surface area contributed by atoms with E-state index in [2.05, 4.69) is 25.6 Å². The zero-order valence-electron chi connectivity index (χ0n) is 17.1. The second kappa shape index (κ2) is 10.2. The Morgan fingerprint density at radius 3 is 2.60 bits per heavy atom. The van der Waals surface area contributed by atoms with Crippen LogP contribution in [-0.4, -0.2) is 53.9 Å². The van der Waals surface area contributed by atoms with E-state index in [0.29, 0.717) is 35.9 Å². The van der Waals surface area contributed by atoms with Crippen LogP contribution in [0.3, 0.4) is 0 Å². The first kappa shape index (κ1) is 23.3. The van der Waals surface area contributed by atoms with Gasteiger partial charge in [0.1, 0.15) is 5.69 Å².